The molecule has 0 nitrogen and oxygen atoms in total. The van der Waals surface area contributed by atoms with E-state index >= 15 is 0 Å². The van der Waals surface area contributed by atoms with Crippen LogP contribution in [0.15, 0.2) is 30.3 Å². The molecule has 0 saturated heterocycles. The predicted octanol–water partition coefficient (Wildman–Crippen LogP) is 1.10. The normalized spacial score (nSPS) is 8.62. The van der Waals surface area contributed by atoms with Crippen molar-refractivity contribution >= 4 is 33.0 Å². The summed E-state index contributed by atoms with van der Waals surface area (Å²) in [7, 11) is 0. The summed E-state index contributed by atoms with van der Waals surface area (Å²) in [5, 5.41) is 1.11. The molecule has 1 aromatic rings. The Morgan fingerprint density at radius 2 is 1.75 bits per heavy atom. The minimum Gasteiger partial charge on any atom is -0.148 e. The van der Waals surface area contributed by atoms with Crippen molar-refractivity contribution in [1.82, 2.24) is 0 Å². The van der Waals surface area contributed by atoms with Gasteiger partial charge in [-0.1, -0.05) is 35.8 Å². The number of benzene rings is 1. The van der Waals surface area contributed by atoms with Crippen LogP contribution < -0.4 is 5.46 Å². The first-order chi connectivity index (χ1) is 3.93. The van der Waals surface area contributed by atoms with Gasteiger partial charge < -0.3 is 0 Å². The Balaban J connectivity index is 2.83. The van der Waals surface area contributed by atoms with Gasteiger partial charge in [0, 0.05) is 0 Å². The van der Waals surface area contributed by atoms with E-state index < -0.39 is 0 Å². The molecule has 0 aromatic heterocycles. The molecule has 0 aliphatic heterocycles. The quantitative estimate of drug-likeness (QED) is 0.486. The van der Waals surface area contributed by atoms with Crippen molar-refractivity contribution in [3.05, 3.63) is 30.3 Å². The smallest absolute Gasteiger partial charge is 0.148 e. The van der Waals surface area contributed by atoms with Crippen molar-refractivity contribution in [2.24, 2.45) is 0 Å². The molecule has 0 heterocycles. The summed E-state index contributed by atoms with van der Waals surface area (Å²) >= 11 is 2.35. The zero-order chi connectivity index (χ0) is 5.82. The Bertz CT molecular complexity index is 150. The summed E-state index contributed by atoms with van der Waals surface area (Å²) in [5.74, 6) is 0. The molecular weight excluding hydrogens is 210 g/mol. The average Bonchev–Trinajstić information content (AvgIpc) is 1.90. The lowest BCUT2D eigenvalue weighted by molar-refractivity contribution is 1.77. The second-order valence-electron chi connectivity index (χ2n) is 1.62. The molecule has 0 unspecified atom stereocenters. The van der Waals surface area contributed by atoms with E-state index in [1.165, 1.54) is 5.46 Å². The second kappa shape index (κ2) is 3.12. The highest BCUT2D eigenvalue weighted by Gasteiger charge is 1.84. The van der Waals surface area contributed by atoms with Crippen LogP contribution in [0.2, 0.25) is 0 Å². The van der Waals surface area contributed by atoms with Crippen molar-refractivity contribution in [2.45, 2.75) is 0 Å². The van der Waals surface area contributed by atoms with Gasteiger partial charge in [-0.15, -0.1) is 22.4 Å². The van der Waals surface area contributed by atoms with E-state index in [4.69, 9.17) is 0 Å². The molecule has 0 bridgehead atoms. The van der Waals surface area contributed by atoms with Crippen LogP contribution in [0, 0.1) is 0 Å². The molecule has 8 heavy (non-hydrogen) atoms. The molecule has 0 N–H and O–H groups in total. The van der Waals surface area contributed by atoms with Crippen LogP contribution in [0.1, 0.15) is 0 Å². The van der Waals surface area contributed by atoms with Crippen LogP contribution in [0.5, 0.6) is 0 Å². The Labute approximate surface area is 63.4 Å². The molecule has 0 fully saturated rings. The zero-order valence-electron chi connectivity index (χ0n) is 4.47. The largest absolute Gasteiger partial charge is 0.232 e. The fourth-order valence-corrected chi connectivity index (χ4v) is 1.08. The van der Waals surface area contributed by atoms with Crippen LogP contribution >= 0.6 is 22.4 Å². The molecule has 0 saturated carbocycles. The van der Waals surface area contributed by atoms with Gasteiger partial charge in [0.05, 0.1) is 0 Å². The highest BCUT2D eigenvalue weighted by atomic mass is 127. The molecule has 0 aliphatic rings. The standard InChI is InChI=1S/C6H6BI/c8-7-6-4-2-1-3-5-6/h1-5,7H. The predicted molar refractivity (Wildman–Crippen MR) is 47.2 cm³/mol. The van der Waals surface area contributed by atoms with Crippen molar-refractivity contribution in [1.29, 1.82) is 0 Å². The van der Waals surface area contributed by atoms with E-state index in [1.807, 2.05) is 6.07 Å². The first-order valence-corrected chi connectivity index (χ1v) is 4.06. The Morgan fingerprint density at radius 3 is 2.12 bits per heavy atom. The number of hydrogen-bond donors (Lipinski definition) is 0. The summed E-state index contributed by atoms with van der Waals surface area (Å²) in [6, 6.07) is 10.4. The maximum absolute atomic E-state index is 2.35. The summed E-state index contributed by atoms with van der Waals surface area (Å²) in [4.78, 5) is 0. The maximum Gasteiger partial charge on any atom is 0.232 e. The first-order valence-electron chi connectivity index (χ1n) is 2.53. The van der Waals surface area contributed by atoms with Gasteiger partial charge in [0.15, 0.2) is 0 Å². The Kier molecular flexibility index (Phi) is 2.40. The van der Waals surface area contributed by atoms with Gasteiger partial charge in [0.1, 0.15) is 0 Å². The van der Waals surface area contributed by atoms with Crippen LogP contribution in [0.25, 0.3) is 0 Å². The first kappa shape index (κ1) is 6.14. The van der Waals surface area contributed by atoms with Crippen molar-refractivity contribution in [3.63, 3.8) is 0 Å². The molecule has 2 heteroatoms. The van der Waals surface area contributed by atoms with Crippen molar-refractivity contribution in [3.8, 4) is 0 Å². The number of rotatable bonds is 1. The van der Waals surface area contributed by atoms with Gasteiger partial charge in [-0.25, -0.2) is 0 Å². The molecule has 0 aliphatic carbocycles. The summed E-state index contributed by atoms with van der Waals surface area (Å²) in [5.41, 5.74) is 1.40. The molecule has 1 rings (SSSR count). The van der Waals surface area contributed by atoms with Gasteiger partial charge in [0.25, 0.3) is 0 Å². The van der Waals surface area contributed by atoms with E-state index in [9.17, 15) is 0 Å². The molecule has 0 spiro atoms. The van der Waals surface area contributed by atoms with Gasteiger partial charge in [-0.3, -0.25) is 0 Å². The van der Waals surface area contributed by atoms with Crippen LogP contribution in [-0.4, -0.2) is 5.14 Å². The zero-order valence-corrected chi connectivity index (χ0v) is 6.63. The van der Waals surface area contributed by atoms with E-state index in [1.54, 1.807) is 0 Å². The molecule has 40 valence electrons. The third-order valence-electron chi connectivity index (χ3n) is 0.997. The van der Waals surface area contributed by atoms with Gasteiger partial charge in [-0.05, 0) is 0 Å². The molecule has 0 amide bonds. The van der Waals surface area contributed by atoms with Crippen LogP contribution in [0.3, 0.4) is 0 Å². The number of halogens is 1. The highest BCUT2D eigenvalue weighted by molar-refractivity contribution is 14.1. The monoisotopic (exact) mass is 216 g/mol. The van der Waals surface area contributed by atoms with Crippen LogP contribution in [-0.2, 0) is 0 Å². The fourth-order valence-electron chi connectivity index (χ4n) is 0.567. The van der Waals surface area contributed by atoms with Gasteiger partial charge >= 0.3 is 0 Å². The van der Waals surface area contributed by atoms with Gasteiger partial charge in [0.2, 0.25) is 5.14 Å². The lowest BCUT2D eigenvalue weighted by atomic mass is 9.97. The lowest BCUT2D eigenvalue weighted by Crippen LogP contribution is -2.04. The van der Waals surface area contributed by atoms with Crippen molar-refractivity contribution < 1.29 is 0 Å². The van der Waals surface area contributed by atoms with E-state index in [-0.39, 0.29) is 0 Å². The van der Waals surface area contributed by atoms with E-state index in [2.05, 4.69) is 46.6 Å². The SMILES string of the molecule is IBc1ccccc1. The maximum atomic E-state index is 2.35. The van der Waals surface area contributed by atoms with Gasteiger partial charge in [-0.2, -0.15) is 0 Å². The molecule has 0 radical (unpaired) electrons. The van der Waals surface area contributed by atoms with E-state index in [0.29, 0.717) is 0 Å². The summed E-state index contributed by atoms with van der Waals surface area (Å²) in [6.07, 6.45) is 0. The third-order valence-corrected chi connectivity index (χ3v) is 1.88. The average molecular weight is 216 g/mol. The molecule has 1 aromatic carbocycles. The van der Waals surface area contributed by atoms with Crippen molar-refractivity contribution in [2.75, 3.05) is 0 Å². The molecular formula is C6H6BI. The summed E-state index contributed by atoms with van der Waals surface area (Å²) < 4.78 is 0. The fraction of sp³-hybridized carbons (Fsp3) is 0. The highest BCUT2D eigenvalue weighted by Crippen LogP contribution is 1.83. The number of hydrogen-bond acceptors (Lipinski definition) is 0. The third kappa shape index (κ3) is 1.51. The second-order valence-corrected chi connectivity index (χ2v) is 2.38. The van der Waals surface area contributed by atoms with Crippen LogP contribution in [0.4, 0.5) is 0 Å². The Hall–Kier alpha value is 0.0149. The Morgan fingerprint density at radius 1 is 1.12 bits per heavy atom. The topological polar surface area (TPSA) is 0 Å². The molecule has 0 atom stereocenters. The minimum atomic E-state index is 1.11. The minimum absolute atomic E-state index is 1.11. The van der Waals surface area contributed by atoms with E-state index in [0.717, 1.165) is 5.14 Å². The summed E-state index contributed by atoms with van der Waals surface area (Å²) in [6.45, 7) is 0. The lowest BCUT2D eigenvalue weighted by Gasteiger charge is -1.87.